The second-order valence-corrected chi connectivity index (χ2v) is 10.5. The molecule has 5 aromatic heterocycles. The van der Waals surface area contributed by atoms with Crippen molar-refractivity contribution in [3.63, 3.8) is 0 Å². The van der Waals surface area contributed by atoms with Crippen LogP contribution in [-0.2, 0) is 14.3 Å². The van der Waals surface area contributed by atoms with E-state index >= 15 is 0 Å². The van der Waals surface area contributed by atoms with Crippen LogP contribution in [0.2, 0.25) is 5.15 Å². The van der Waals surface area contributed by atoms with Crippen molar-refractivity contribution in [2.45, 2.75) is 0 Å². The Hall–Kier alpha value is -3.74. The number of carboxylic acids is 1. The maximum absolute atomic E-state index is 12.9. The number of anilines is 2. The van der Waals surface area contributed by atoms with E-state index in [4.69, 9.17) is 33.4 Å². The van der Waals surface area contributed by atoms with Crippen LogP contribution in [0.3, 0.4) is 0 Å². The minimum absolute atomic E-state index is 0. The average Bonchev–Trinajstić information content (AvgIpc) is 3.54. The molecule has 0 aliphatic rings. The van der Waals surface area contributed by atoms with Gasteiger partial charge in [-0.3, -0.25) is 4.79 Å². The Balaban J connectivity index is 0.000000620. The number of carbonyl (C=O) groups is 3. The number of aromatic nitrogens is 3. The van der Waals surface area contributed by atoms with Crippen LogP contribution in [0.5, 0.6) is 0 Å². The molecule has 0 saturated heterocycles. The molecule has 6 N–H and O–H groups in total. The first kappa shape index (κ1) is 43.3. The fraction of sp³-hybridized carbons (Fsp3) is 0.115. The van der Waals surface area contributed by atoms with Crippen LogP contribution in [0.25, 0.3) is 20.4 Å². The van der Waals surface area contributed by atoms with Crippen molar-refractivity contribution < 1.29 is 77.2 Å². The van der Waals surface area contributed by atoms with E-state index in [1.807, 2.05) is 0 Å². The molecule has 13 nitrogen and oxygen atoms in total. The molecular formula is C26H21ClF3N6NaO7S3. The Labute approximate surface area is 304 Å². The summed E-state index contributed by atoms with van der Waals surface area (Å²) in [5.74, 6) is -3.35. The van der Waals surface area contributed by atoms with E-state index in [1.165, 1.54) is 26.4 Å². The van der Waals surface area contributed by atoms with Crippen LogP contribution >= 0.6 is 46.9 Å². The van der Waals surface area contributed by atoms with E-state index in [2.05, 4.69) is 37.1 Å². The predicted octanol–water partition coefficient (Wildman–Crippen LogP) is 2.18. The van der Waals surface area contributed by atoms with Gasteiger partial charge in [-0.2, -0.15) is 17.9 Å². The molecule has 5 aromatic rings. The molecule has 5 rings (SSSR count). The molecule has 5 heterocycles. The van der Waals surface area contributed by atoms with Gasteiger partial charge in [0.05, 0.1) is 55.5 Å². The van der Waals surface area contributed by atoms with Crippen molar-refractivity contribution in [3.8, 4) is 6.07 Å². The molecule has 0 aliphatic heterocycles. The second-order valence-electron chi connectivity index (χ2n) is 7.84. The third-order valence-corrected chi connectivity index (χ3v) is 7.74. The zero-order valence-electron chi connectivity index (χ0n) is 24.3. The van der Waals surface area contributed by atoms with Crippen molar-refractivity contribution in [3.05, 3.63) is 74.7 Å². The largest absolute Gasteiger partial charge is 1.00 e. The molecule has 21 heteroatoms. The Morgan fingerprint density at radius 3 is 1.74 bits per heavy atom. The Morgan fingerprint density at radius 1 is 0.915 bits per heavy atom. The van der Waals surface area contributed by atoms with Gasteiger partial charge in [-0.25, -0.2) is 37.7 Å². The van der Waals surface area contributed by atoms with E-state index in [-0.39, 0.29) is 78.6 Å². The number of thiol groups is 1. The third kappa shape index (κ3) is 12.1. The van der Waals surface area contributed by atoms with Gasteiger partial charge in [-0.1, -0.05) is 11.6 Å². The van der Waals surface area contributed by atoms with E-state index in [1.54, 1.807) is 6.07 Å². The quantitative estimate of drug-likeness (QED) is 0.0900. The summed E-state index contributed by atoms with van der Waals surface area (Å²) in [4.78, 5) is 44.0. The number of halogens is 4. The van der Waals surface area contributed by atoms with Gasteiger partial charge in [-0.05, 0) is 18.2 Å². The van der Waals surface area contributed by atoms with Crippen LogP contribution in [0.4, 0.5) is 24.5 Å². The number of aromatic carboxylic acids is 1. The summed E-state index contributed by atoms with van der Waals surface area (Å²) in [5.41, 5.74) is 11.6. The number of nitrogen functional groups attached to an aromatic ring is 2. The Kier molecular flexibility index (Phi) is 18.9. The molecule has 47 heavy (non-hydrogen) atoms. The minimum atomic E-state index is -1.12. The van der Waals surface area contributed by atoms with Gasteiger partial charge in [-0.15, -0.1) is 22.7 Å². The number of rotatable bonds is 3. The Bertz CT molecular complexity index is 1900. The number of hydrogen-bond acceptors (Lipinski definition) is 15. The van der Waals surface area contributed by atoms with Gasteiger partial charge in [0.1, 0.15) is 48.1 Å². The fourth-order valence-electron chi connectivity index (χ4n) is 2.92. The standard InChI is InChI=1S/C9H7FN2O2S.C8H5FN2O2S.C6H2ClFN2.C3H6O2S.Na.H2O/c1-14-9(13)7-6(11)5-2-4(10)3-12-8(5)15-7;9-3-1-4-5(10)6(8(12)13)14-7(4)11-2-3;7-6-4(2-9)1-5(8)3-10-6;1-5-3(4)2-6;;/h2-3H,11H2,1H3;1-2H,10H2,(H,12,13);1,3H;6H,2H2,1H3;;1H2/q;;;;+1;/p-1. The van der Waals surface area contributed by atoms with Crippen molar-refractivity contribution in [2.24, 2.45) is 0 Å². The van der Waals surface area contributed by atoms with E-state index in [9.17, 15) is 27.6 Å². The van der Waals surface area contributed by atoms with Crippen molar-refractivity contribution in [1.29, 1.82) is 5.26 Å². The molecule has 0 unspecified atom stereocenters. The zero-order chi connectivity index (χ0) is 33.8. The zero-order valence-corrected chi connectivity index (χ0v) is 29.6. The monoisotopic (exact) mass is 740 g/mol. The molecule has 0 aliphatic carbocycles. The van der Waals surface area contributed by atoms with E-state index in [0.717, 1.165) is 47.3 Å². The summed E-state index contributed by atoms with van der Waals surface area (Å²) in [6, 6.07) is 5.17. The normalized spacial score (nSPS) is 9.40. The number of methoxy groups -OCH3 is 2. The molecule has 0 fully saturated rings. The van der Waals surface area contributed by atoms with Crippen molar-refractivity contribution in [1.82, 2.24) is 15.0 Å². The first-order chi connectivity index (χ1) is 21.3. The van der Waals surface area contributed by atoms with Gasteiger partial charge >= 0.3 is 47.5 Å². The number of ether oxygens (including phenoxy) is 2. The molecule has 0 aromatic carbocycles. The smallest absolute Gasteiger partial charge is 0.870 e. The molecular weight excluding hydrogens is 720 g/mol. The van der Waals surface area contributed by atoms with Crippen LogP contribution in [0.1, 0.15) is 24.9 Å². The summed E-state index contributed by atoms with van der Waals surface area (Å²) in [6.45, 7) is 0. The SMILES string of the molecule is COC(=O)CS.COC(=O)c1sc2ncc(F)cc2c1N.N#Cc1cc(F)cnc1Cl.Nc1c(C(=O)O)sc2ncc(F)cc12.[Na+].[OH-]. The second kappa shape index (κ2) is 20.5. The fourth-order valence-corrected chi connectivity index (χ4v) is 5.04. The number of nitrogens with zero attached hydrogens (tertiary/aromatic N) is 4. The number of hydrogen-bond donors (Lipinski definition) is 4. The number of fused-ring (bicyclic) bond motifs is 2. The van der Waals surface area contributed by atoms with Crippen LogP contribution < -0.4 is 41.0 Å². The van der Waals surface area contributed by atoms with Crippen LogP contribution in [-0.4, -0.2) is 63.4 Å². The number of nitriles is 1. The van der Waals surface area contributed by atoms with Gasteiger partial charge in [0.25, 0.3) is 0 Å². The molecule has 0 saturated carbocycles. The minimum Gasteiger partial charge on any atom is -0.870 e. The van der Waals surface area contributed by atoms with E-state index < -0.39 is 29.4 Å². The molecule has 244 valence electrons. The first-order valence-corrected chi connectivity index (χ1v) is 14.3. The van der Waals surface area contributed by atoms with Crippen LogP contribution in [0, 0.1) is 28.8 Å². The molecule has 0 bridgehead atoms. The molecule has 0 amide bonds. The number of carboxylic acid groups (broad SMARTS) is 1. The van der Waals surface area contributed by atoms with Crippen LogP contribution in [0.15, 0.2) is 36.8 Å². The molecule has 0 atom stereocenters. The first-order valence-electron chi connectivity index (χ1n) is 11.6. The average molecular weight is 741 g/mol. The number of carbonyl (C=O) groups excluding carboxylic acids is 2. The summed E-state index contributed by atoms with van der Waals surface area (Å²) in [7, 11) is 2.60. The predicted molar refractivity (Wildman–Crippen MR) is 168 cm³/mol. The van der Waals surface area contributed by atoms with E-state index in [0.29, 0.717) is 20.4 Å². The Morgan fingerprint density at radius 2 is 1.36 bits per heavy atom. The van der Waals surface area contributed by atoms with Gasteiger partial charge < -0.3 is 31.5 Å². The van der Waals surface area contributed by atoms with Crippen molar-refractivity contribution >= 4 is 96.6 Å². The maximum Gasteiger partial charge on any atom is 1.00 e. The van der Waals surface area contributed by atoms with Gasteiger partial charge in [0.2, 0.25) is 0 Å². The third-order valence-electron chi connectivity index (χ3n) is 4.95. The maximum atomic E-state index is 12.9. The topological polar surface area (TPSA) is 234 Å². The van der Waals surface area contributed by atoms with Crippen molar-refractivity contribution in [2.75, 3.05) is 31.4 Å². The molecule has 0 radical (unpaired) electrons. The summed E-state index contributed by atoms with van der Waals surface area (Å²) >= 11 is 11.0. The number of pyridine rings is 3. The summed E-state index contributed by atoms with van der Waals surface area (Å²) < 4.78 is 46.6. The molecule has 0 spiro atoms. The summed E-state index contributed by atoms with van der Waals surface area (Å²) in [6.07, 6.45) is 3.08. The number of thiophene rings is 2. The number of nitrogens with two attached hydrogens (primary N) is 2. The number of esters is 2. The van der Waals surface area contributed by atoms with Gasteiger partial charge in [0.15, 0.2) is 0 Å². The summed E-state index contributed by atoms with van der Waals surface area (Å²) in [5, 5.41) is 17.9. The van der Waals surface area contributed by atoms with Gasteiger partial charge in [0, 0.05) is 10.8 Å².